The summed E-state index contributed by atoms with van der Waals surface area (Å²) in [5, 5.41) is 6.52. The molecule has 0 spiro atoms. The van der Waals surface area contributed by atoms with Crippen LogP contribution < -0.4 is 10.6 Å². The zero-order chi connectivity index (χ0) is 20.7. The molecular weight excluding hydrogens is 374 g/mol. The van der Waals surface area contributed by atoms with Crippen molar-refractivity contribution in [1.82, 2.24) is 15.5 Å². The van der Waals surface area contributed by atoms with Gasteiger partial charge in [-0.3, -0.25) is 9.59 Å². The van der Waals surface area contributed by atoms with E-state index in [9.17, 15) is 9.59 Å². The van der Waals surface area contributed by atoms with E-state index in [1.807, 2.05) is 74.4 Å². The Kier molecular flexibility index (Phi) is 8.03. The van der Waals surface area contributed by atoms with Crippen molar-refractivity contribution in [1.29, 1.82) is 0 Å². The number of aryl methyl sites for hydroxylation is 1. The fourth-order valence-corrected chi connectivity index (χ4v) is 3.34. The fourth-order valence-electron chi connectivity index (χ4n) is 3.08. The molecule has 0 aliphatic heterocycles. The minimum Gasteiger partial charge on any atom is -0.354 e. The average Bonchev–Trinajstić information content (AvgIpc) is 2.62. The number of carbonyl (C=O) groups is 2. The molecule has 0 aromatic heterocycles. The molecule has 0 saturated heterocycles. The Bertz CT molecular complexity index is 806. The molecule has 6 heteroatoms. The molecule has 2 amide bonds. The van der Waals surface area contributed by atoms with Crippen molar-refractivity contribution in [3.8, 4) is 0 Å². The summed E-state index contributed by atoms with van der Waals surface area (Å²) in [7, 11) is 3.90. The monoisotopic (exact) mass is 401 g/mol. The first-order valence-electron chi connectivity index (χ1n) is 9.29. The van der Waals surface area contributed by atoms with Crippen LogP contribution in [0, 0.1) is 6.92 Å². The number of hydrogen-bond donors (Lipinski definition) is 2. The molecule has 2 aromatic carbocycles. The van der Waals surface area contributed by atoms with Gasteiger partial charge in [0.15, 0.2) is 0 Å². The molecule has 2 aromatic rings. The number of likely N-dealkylation sites (N-methyl/N-ethyl adjacent to an activating group) is 1. The summed E-state index contributed by atoms with van der Waals surface area (Å²) in [6.45, 7) is 3.88. The molecular formula is C22H28ClN3O2. The lowest BCUT2D eigenvalue weighted by Crippen LogP contribution is -2.37. The Balaban J connectivity index is 2.05. The van der Waals surface area contributed by atoms with Gasteiger partial charge in [0.2, 0.25) is 11.8 Å². The third-order valence-electron chi connectivity index (χ3n) is 4.63. The Morgan fingerprint density at radius 2 is 1.71 bits per heavy atom. The van der Waals surface area contributed by atoms with E-state index in [0.29, 0.717) is 11.6 Å². The van der Waals surface area contributed by atoms with Crippen LogP contribution in [0.25, 0.3) is 0 Å². The van der Waals surface area contributed by atoms with Gasteiger partial charge in [0.25, 0.3) is 0 Å². The lowest BCUT2D eigenvalue weighted by molar-refractivity contribution is -0.123. The number of nitrogens with zero attached hydrogens (tertiary/aromatic N) is 1. The molecule has 0 fully saturated rings. The number of hydrogen-bond acceptors (Lipinski definition) is 3. The van der Waals surface area contributed by atoms with E-state index in [4.69, 9.17) is 11.6 Å². The van der Waals surface area contributed by atoms with Gasteiger partial charge in [-0.1, -0.05) is 59.6 Å². The molecule has 0 saturated carbocycles. The van der Waals surface area contributed by atoms with E-state index >= 15 is 0 Å². The van der Waals surface area contributed by atoms with Crippen molar-refractivity contribution >= 4 is 23.4 Å². The van der Waals surface area contributed by atoms with Crippen LogP contribution >= 0.6 is 11.6 Å². The molecule has 2 unspecified atom stereocenters. The number of nitrogens with one attached hydrogen (secondary N) is 2. The average molecular weight is 402 g/mol. The Labute approximate surface area is 172 Å². The van der Waals surface area contributed by atoms with Gasteiger partial charge >= 0.3 is 0 Å². The van der Waals surface area contributed by atoms with Crippen LogP contribution in [0.1, 0.15) is 42.1 Å². The highest BCUT2D eigenvalue weighted by Crippen LogP contribution is 2.25. The molecule has 2 N–H and O–H groups in total. The van der Waals surface area contributed by atoms with E-state index in [-0.39, 0.29) is 30.3 Å². The largest absolute Gasteiger partial charge is 0.354 e. The number of halogens is 1. The normalized spacial score (nSPS) is 13.1. The zero-order valence-corrected chi connectivity index (χ0v) is 17.6. The maximum atomic E-state index is 12.6. The lowest BCUT2D eigenvalue weighted by atomic mass is 10.0. The van der Waals surface area contributed by atoms with E-state index in [0.717, 1.165) is 16.7 Å². The number of benzene rings is 2. The van der Waals surface area contributed by atoms with Crippen molar-refractivity contribution in [2.45, 2.75) is 32.4 Å². The third kappa shape index (κ3) is 6.36. The first-order chi connectivity index (χ1) is 13.3. The molecule has 2 atom stereocenters. The van der Waals surface area contributed by atoms with E-state index in [1.54, 1.807) is 0 Å². The Morgan fingerprint density at radius 1 is 1.07 bits per heavy atom. The van der Waals surface area contributed by atoms with Gasteiger partial charge in [-0.2, -0.15) is 0 Å². The molecule has 0 aliphatic carbocycles. The first-order valence-corrected chi connectivity index (χ1v) is 9.67. The van der Waals surface area contributed by atoms with Crippen molar-refractivity contribution in [2.24, 2.45) is 0 Å². The molecule has 0 heterocycles. The Hall–Kier alpha value is -2.37. The van der Waals surface area contributed by atoms with Crippen LogP contribution in [-0.2, 0) is 9.59 Å². The highest BCUT2D eigenvalue weighted by Gasteiger charge is 2.20. The number of rotatable bonds is 8. The summed E-state index contributed by atoms with van der Waals surface area (Å²) in [4.78, 5) is 26.2. The summed E-state index contributed by atoms with van der Waals surface area (Å²) in [5.74, 6) is -0.293. The maximum Gasteiger partial charge on any atom is 0.222 e. The summed E-state index contributed by atoms with van der Waals surface area (Å²) < 4.78 is 0. The smallest absolute Gasteiger partial charge is 0.222 e. The number of carbonyl (C=O) groups excluding carboxylic acids is 2. The fraction of sp³-hybridized carbons (Fsp3) is 0.364. The van der Waals surface area contributed by atoms with Gasteiger partial charge in [0.05, 0.1) is 18.5 Å². The number of amides is 2. The molecule has 5 nitrogen and oxygen atoms in total. The van der Waals surface area contributed by atoms with Gasteiger partial charge in [-0.15, -0.1) is 0 Å². The topological polar surface area (TPSA) is 61.4 Å². The van der Waals surface area contributed by atoms with Gasteiger partial charge < -0.3 is 15.5 Å². The predicted octanol–water partition coefficient (Wildman–Crippen LogP) is 3.63. The molecule has 0 bridgehead atoms. The third-order valence-corrected chi connectivity index (χ3v) is 4.97. The second-order valence-corrected chi connectivity index (χ2v) is 7.58. The highest BCUT2D eigenvalue weighted by atomic mass is 35.5. The van der Waals surface area contributed by atoms with Crippen molar-refractivity contribution in [3.05, 3.63) is 70.2 Å². The van der Waals surface area contributed by atoms with E-state index in [1.165, 1.54) is 6.92 Å². The highest BCUT2D eigenvalue weighted by molar-refractivity contribution is 6.31. The van der Waals surface area contributed by atoms with Crippen molar-refractivity contribution in [3.63, 3.8) is 0 Å². The van der Waals surface area contributed by atoms with Crippen LogP contribution in [0.2, 0.25) is 5.02 Å². The predicted molar refractivity (Wildman–Crippen MR) is 113 cm³/mol. The molecule has 28 heavy (non-hydrogen) atoms. The van der Waals surface area contributed by atoms with Crippen molar-refractivity contribution < 1.29 is 9.59 Å². The molecule has 150 valence electrons. The van der Waals surface area contributed by atoms with Crippen molar-refractivity contribution in [2.75, 3.05) is 20.6 Å². The maximum absolute atomic E-state index is 12.6. The van der Waals surface area contributed by atoms with E-state index < -0.39 is 0 Å². The van der Waals surface area contributed by atoms with Crippen LogP contribution in [0.3, 0.4) is 0 Å². The Morgan fingerprint density at radius 3 is 2.29 bits per heavy atom. The standard InChI is InChI=1S/C22H28ClN3O2/c1-15-9-11-17(12-10-15)20(25-16(2)27)13-22(28)24-14-21(26(3)4)18-7-5-6-8-19(18)23/h5-12,20-21H,13-14H2,1-4H3,(H,24,28)(H,25,27). The van der Waals surface area contributed by atoms with Gasteiger partial charge in [0, 0.05) is 18.5 Å². The van der Waals surface area contributed by atoms with Gasteiger partial charge in [-0.05, 0) is 38.2 Å². The first kappa shape index (κ1) is 21.9. The van der Waals surface area contributed by atoms with Gasteiger partial charge in [-0.25, -0.2) is 0 Å². The summed E-state index contributed by atoms with van der Waals surface area (Å²) in [6, 6.07) is 15.0. The summed E-state index contributed by atoms with van der Waals surface area (Å²) >= 11 is 6.33. The van der Waals surface area contributed by atoms with Crippen LogP contribution in [0.15, 0.2) is 48.5 Å². The van der Waals surface area contributed by atoms with E-state index in [2.05, 4.69) is 10.6 Å². The molecule has 0 aliphatic rings. The molecule has 2 rings (SSSR count). The zero-order valence-electron chi connectivity index (χ0n) is 16.8. The SMILES string of the molecule is CC(=O)NC(CC(=O)NCC(c1ccccc1Cl)N(C)C)c1ccc(C)cc1. The quantitative estimate of drug-likeness (QED) is 0.710. The lowest BCUT2D eigenvalue weighted by Gasteiger charge is -2.26. The summed E-state index contributed by atoms with van der Waals surface area (Å²) in [6.07, 6.45) is 0.172. The van der Waals surface area contributed by atoms with Crippen LogP contribution in [-0.4, -0.2) is 37.4 Å². The second-order valence-electron chi connectivity index (χ2n) is 7.17. The molecule has 0 radical (unpaired) electrons. The minimum atomic E-state index is -0.365. The van der Waals surface area contributed by atoms with Crippen LogP contribution in [0.5, 0.6) is 0 Å². The minimum absolute atomic E-state index is 0.0451. The summed E-state index contributed by atoms with van der Waals surface area (Å²) in [5.41, 5.74) is 3.00. The second kappa shape index (κ2) is 10.2. The van der Waals surface area contributed by atoms with Gasteiger partial charge in [0.1, 0.15) is 0 Å². The van der Waals surface area contributed by atoms with Crippen LogP contribution in [0.4, 0.5) is 0 Å².